The highest BCUT2D eigenvalue weighted by atomic mass is 19.4. The fourth-order valence-electron chi connectivity index (χ4n) is 1.58. The Morgan fingerprint density at radius 2 is 1.50 bits per heavy atom. The van der Waals surface area contributed by atoms with Gasteiger partial charge in [0.2, 0.25) is 0 Å². The zero-order valence-electron chi connectivity index (χ0n) is 10.7. The SMILES string of the molecule is C=O.CCCc1cc(C(F)(F)F)cc(C(F)(F)CF)c1. The minimum Gasteiger partial charge on any atom is -0.307 e. The number of halogens is 6. The van der Waals surface area contributed by atoms with Crippen LogP contribution in [0.25, 0.3) is 0 Å². The van der Waals surface area contributed by atoms with Crippen LogP contribution in [-0.2, 0) is 23.3 Å². The highest BCUT2D eigenvalue weighted by Gasteiger charge is 2.36. The number of hydrogen-bond donors (Lipinski definition) is 0. The maximum Gasteiger partial charge on any atom is 0.416 e. The van der Waals surface area contributed by atoms with E-state index in [1.807, 2.05) is 6.79 Å². The summed E-state index contributed by atoms with van der Waals surface area (Å²) in [7, 11) is 0. The third kappa shape index (κ3) is 4.86. The number of hydrogen-bond acceptors (Lipinski definition) is 1. The Morgan fingerprint density at radius 3 is 1.90 bits per heavy atom. The van der Waals surface area contributed by atoms with E-state index in [0.717, 1.165) is 12.1 Å². The second-order valence-electron chi connectivity index (χ2n) is 4.00. The van der Waals surface area contributed by atoms with E-state index in [0.29, 0.717) is 12.5 Å². The van der Waals surface area contributed by atoms with Gasteiger partial charge >= 0.3 is 12.1 Å². The van der Waals surface area contributed by atoms with Crippen molar-refractivity contribution in [3.05, 3.63) is 34.9 Å². The molecular weight excluding hydrogens is 286 g/mol. The zero-order chi connectivity index (χ0) is 16.0. The molecular formula is C13H14F6O. The van der Waals surface area contributed by atoms with E-state index in [1.54, 1.807) is 6.92 Å². The third-order valence-electron chi connectivity index (χ3n) is 2.45. The van der Waals surface area contributed by atoms with Gasteiger partial charge in [-0.2, -0.15) is 22.0 Å². The molecule has 0 unspecified atom stereocenters. The molecule has 1 nitrogen and oxygen atoms in total. The average Bonchev–Trinajstić information content (AvgIpc) is 2.40. The Balaban J connectivity index is 0.00000172. The molecule has 7 heteroatoms. The maximum atomic E-state index is 13.1. The van der Waals surface area contributed by atoms with Crippen LogP contribution in [0.1, 0.15) is 30.0 Å². The summed E-state index contributed by atoms with van der Waals surface area (Å²) in [5, 5.41) is 0. The van der Waals surface area contributed by atoms with Gasteiger partial charge in [0, 0.05) is 5.56 Å². The summed E-state index contributed by atoms with van der Waals surface area (Å²) in [4.78, 5) is 8.00. The fraction of sp³-hybridized carbons (Fsp3) is 0.462. The molecule has 0 radical (unpaired) electrons. The predicted molar refractivity (Wildman–Crippen MR) is 62.4 cm³/mol. The summed E-state index contributed by atoms with van der Waals surface area (Å²) in [5.74, 6) is -3.89. The van der Waals surface area contributed by atoms with Crippen molar-refractivity contribution in [1.82, 2.24) is 0 Å². The van der Waals surface area contributed by atoms with Gasteiger partial charge in [0.25, 0.3) is 0 Å². The first-order chi connectivity index (χ1) is 9.20. The molecule has 0 saturated carbocycles. The van der Waals surface area contributed by atoms with E-state index in [4.69, 9.17) is 4.79 Å². The van der Waals surface area contributed by atoms with Crippen molar-refractivity contribution in [2.45, 2.75) is 31.9 Å². The molecule has 0 amide bonds. The van der Waals surface area contributed by atoms with Gasteiger partial charge in [-0.1, -0.05) is 13.3 Å². The third-order valence-corrected chi connectivity index (χ3v) is 2.45. The summed E-state index contributed by atoms with van der Waals surface area (Å²) in [5.41, 5.74) is -1.96. The van der Waals surface area contributed by atoms with E-state index in [2.05, 4.69) is 0 Å². The van der Waals surface area contributed by atoms with Crippen LogP contribution in [-0.4, -0.2) is 13.5 Å². The summed E-state index contributed by atoms with van der Waals surface area (Å²) >= 11 is 0. The Bertz CT molecular complexity index is 427. The van der Waals surface area contributed by atoms with Gasteiger partial charge < -0.3 is 4.79 Å². The lowest BCUT2D eigenvalue weighted by atomic mass is 9.99. The largest absolute Gasteiger partial charge is 0.416 e. The van der Waals surface area contributed by atoms with Gasteiger partial charge in [0.1, 0.15) is 6.79 Å². The van der Waals surface area contributed by atoms with Crippen LogP contribution in [0.2, 0.25) is 0 Å². The molecule has 1 aromatic carbocycles. The molecule has 0 spiro atoms. The van der Waals surface area contributed by atoms with Crippen LogP contribution in [0.15, 0.2) is 18.2 Å². The maximum absolute atomic E-state index is 13.1. The summed E-state index contributed by atoms with van der Waals surface area (Å²) in [6, 6.07) is 2.05. The monoisotopic (exact) mass is 300 g/mol. The summed E-state index contributed by atoms with van der Waals surface area (Å²) < 4.78 is 76.1. The first-order valence-corrected chi connectivity index (χ1v) is 5.65. The number of benzene rings is 1. The quantitative estimate of drug-likeness (QED) is 0.746. The molecule has 20 heavy (non-hydrogen) atoms. The molecule has 0 aliphatic rings. The highest BCUT2D eigenvalue weighted by molar-refractivity contribution is 5.34. The van der Waals surface area contributed by atoms with Gasteiger partial charge in [-0.05, 0) is 30.2 Å². The molecule has 0 aliphatic carbocycles. The van der Waals surface area contributed by atoms with E-state index >= 15 is 0 Å². The normalized spacial score (nSPS) is 11.8. The van der Waals surface area contributed by atoms with Crippen molar-refractivity contribution in [3.8, 4) is 0 Å². The van der Waals surface area contributed by atoms with Gasteiger partial charge in [-0.3, -0.25) is 0 Å². The van der Waals surface area contributed by atoms with Crippen molar-refractivity contribution in [1.29, 1.82) is 0 Å². The minimum atomic E-state index is -4.72. The molecule has 0 saturated heterocycles. The van der Waals surface area contributed by atoms with E-state index < -0.39 is 29.9 Å². The van der Waals surface area contributed by atoms with Crippen LogP contribution < -0.4 is 0 Å². The van der Waals surface area contributed by atoms with E-state index in [1.165, 1.54) is 0 Å². The Labute approximate surface area is 112 Å². The Hall–Kier alpha value is -1.53. The van der Waals surface area contributed by atoms with Crippen molar-refractivity contribution >= 4 is 6.79 Å². The smallest absolute Gasteiger partial charge is 0.307 e. The number of aryl methyl sites for hydroxylation is 1. The Kier molecular flexibility index (Phi) is 6.75. The van der Waals surface area contributed by atoms with Crippen LogP contribution in [0, 0.1) is 0 Å². The zero-order valence-corrected chi connectivity index (χ0v) is 10.7. The molecule has 0 heterocycles. The summed E-state index contributed by atoms with van der Waals surface area (Å²) in [6.07, 6.45) is -3.97. The number of alkyl halides is 6. The average molecular weight is 300 g/mol. The van der Waals surface area contributed by atoms with Crippen molar-refractivity contribution < 1.29 is 31.1 Å². The molecule has 0 fully saturated rings. The first kappa shape index (κ1) is 18.5. The van der Waals surface area contributed by atoms with Crippen LogP contribution in [0.4, 0.5) is 26.3 Å². The molecule has 0 aliphatic heterocycles. The Morgan fingerprint density at radius 1 is 1.00 bits per heavy atom. The molecule has 0 N–H and O–H groups in total. The molecule has 0 bridgehead atoms. The highest BCUT2D eigenvalue weighted by Crippen LogP contribution is 2.36. The molecule has 0 aromatic heterocycles. The number of rotatable bonds is 4. The van der Waals surface area contributed by atoms with E-state index in [-0.39, 0.29) is 12.0 Å². The number of carbonyl (C=O) groups is 1. The van der Waals surface area contributed by atoms with Gasteiger partial charge in [-0.15, -0.1) is 0 Å². The van der Waals surface area contributed by atoms with Gasteiger partial charge in [0.05, 0.1) is 5.56 Å². The lowest BCUT2D eigenvalue weighted by Gasteiger charge is -2.17. The molecule has 1 aromatic rings. The summed E-state index contributed by atoms with van der Waals surface area (Å²) in [6.45, 7) is 1.70. The second-order valence-corrected chi connectivity index (χ2v) is 4.00. The second kappa shape index (κ2) is 7.31. The van der Waals surface area contributed by atoms with E-state index in [9.17, 15) is 26.3 Å². The van der Waals surface area contributed by atoms with Crippen molar-refractivity contribution in [2.75, 3.05) is 6.67 Å². The lowest BCUT2D eigenvalue weighted by Crippen LogP contribution is -2.18. The lowest BCUT2D eigenvalue weighted by molar-refractivity contribution is -0.138. The first-order valence-electron chi connectivity index (χ1n) is 5.65. The minimum absolute atomic E-state index is 0.135. The van der Waals surface area contributed by atoms with Crippen molar-refractivity contribution in [3.63, 3.8) is 0 Å². The van der Waals surface area contributed by atoms with Crippen LogP contribution in [0.3, 0.4) is 0 Å². The predicted octanol–water partition coefficient (Wildman–Crippen LogP) is 4.53. The van der Waals surface area contributed by atoms with Crippen LogP contribution >= 0.6 is 0 Å². The molecule has 114 valence electrons. The fourth-order valence-corrected chi connectivity index (χ4v) is 1.58. The standard InChI is InChI=1S/C12H12F6.CH2O/c1-2-3-8-4-9(11(14,15)7-13)6-10(5-8)12(16,17)18;1-2/h4-6H,2-3,7H2,1H3;1H2. The molecule has 0 atom stereocenters. The molecule has 1 rings (SSSR count). The van der Waals surface area contributed by atoms with Gasteiger partial charge in [0.15, 0.2) is 6.67 Å². The van der Waals surface area contributed by atoms with Crippen LogP contribution in [0.5, 0.6) is 0 Å². The number of carbonyl (C=O) groups excluding carboxylic acids is 1. The topological polar surface area (TPSA) is 17.1 Å². The van der Waals surface area contributed by atoms with Crippen molar-refractivity contribution in [2.24, 2.45) is 0 Å². The van der Waals surface area contributed by atoms with Gasteiger partial charge in [-0.25, -0.2) is 4.39 Å².